The molecule has 0 aliphatic carbocycles. The molecule has 222 valence electrons. The molecule has 3 aromatic rings. The number of nitrogens with two attached hydrogens (primary N) is 1. The van der Waals surface area contributed by atoms with Crippen molar-refractivity contribution in [3.05, 3.63) is 83.9 Å². The minimum atomic E-state index is -4.02. The largest absolute Gasteiger partial charge is 0.399 e. The van der Waals surface area contributed by atoms with E-state index in [1.165, 1.54) is 30.0 Å². The first-order valence-corrected chi connectivity index (χ1v) is 15.5. The lowest BCUT2D eigenvalue weighted by Gasteiger charge is -2.23. The van der Waals surface area contributed by atoms with Gasteiger partial charge in [0.05, 0.1) is 29.6 Å². The highest BCUT2D eigenvalue weighted by Crippen LogP contribution is 2.15. The van der Waals surface area contributed by atoms with Crippen LogP contribution in [0, 0.1) is 13.8 Å². The van der Waals surface area contributed by atoms with Gasteiger partial charge in [0.15, 0.2) is 0 Å². The predicted molar refractivity (Wildman–Crippen MR) is 158 cm³/mol. The number of hydrogen-bond acceptors (Lipinski definition) is 8. The van der Waals surface area contributed by atoms with Gasteiger partial charge in [0, 0.05) is 31.1 Å². The molecule has 10 nitrogen and oxygen atoms in total. The number of benzene rings is 3. The number of rotatable bonds is 11. The molecule has 0 aliphatic rings. The number of ether oxygens (including phenoxy) is 2. The van der Waals surface area contributed by atoms with E-state index in [0.29, 0.717) is 19.8 Å². The smallest absolute Gasteiger partial charge is 0.294 e. The summed E-state index contributed by atoms with van der Waals surface area (Å²) < 4.78 is 69.8. The van der Waals surface area contributed by atoms with Gasteiger partial charge in [0.1, 0.15) is 0 Å². The number of likely N-dealkylation sites (N-methyl/N-ethyl adjacent to an activating group) is 1. The van der Waals surface area contributed by atoms with Gasteiger partial charge in [-0.25, -0.2) is 0 Å². The molecular formula is C28H40N2O8S2. The van der Waals surface area contributed by atoms with Crippen LogP contribution in [0.4, 0.5) is 11.4 Å². The fraction of sp³-hybridized carbons (Fsp3) is 0.357. The summed E-state index contributed by atoms with van der Waals surface area (Å²) in [4.78, 5) is 2.13. The molecule has 0 atom stereocenters. The van der Waals surface area contributed by atoms with Crippen molar-refractivity contribution in [2.45, 2.75) is 37.5 Å². The highest BCUT2D eigenvalue weighted by molar-refractivity contribution is 7.86. The van der Waals surface area contributed by atoms with E-state index in [4.69, 9.17) is 24.3 Å². The molecule has 4 N–H and O–H groups in total. The highest BCUT2D eigenvalue weighted by atomic mass is 32.2. The topological polar surface area (TPSA) is 156 Å². The Hall–Kier alpha value is -3.00. The van der Waals surface area contributed by atoms with Gasteiger partial charge < -0.3 is 20.1 Å². The Balaban J connectivity index is 0.000000315. The predicted octanol–water partition coefficient (Wildman–Crippen LogP) is 4.63. The summed E-state index contributed by atoms with van der Waals surface area (Å²) in [7, 11) is -8.04. The van der Waals surface area contributed by atoms with E-state index < -0.39 is 20.2 Å². The Morgan fingerprint density at radius 1 is 0.675 bits per heavy atom. The van der Waals surface area contributed by atoms with Crippen LogP contribution in [0.15, 0.2) is 82.6 Å². The third kappa shape index (κ3) is 14.4. The van der Waals surface area contributed by atoms with Crippen molar-refractivity contribution in [1.29, 1.82) is 0 Å². The molecule has 0 heterocycles. The Labute approximate surface area is 238 Å². The van der Waals surface area contributed by atoms with Gasteiger partial charge in [0.25, 0.3) is 20.2 Å². The van der Waals surface area contributed by atoms with E-state index in [0.717, 1.165) is 36.5 Å². The zero-order valence-electron chi connectivity index (χ0n) is 23.4. The second kappa shape index (κ2) is 17.6. The average molecular weight is 597 g/mol. The molecule has 0 bridgehead atoms. The van der Waals surface area contributed by atoms with Crippen molar-refractivity contribution in [3.8, 4) is 0 Å². The molecule has 0 unspecified atom stereocenters. The van der Waals surface area contributed by atoms with Crippen molar-refractivity contribution in [2.24, 2.45) is 0 Å². The first-order valence-electron chi connectivity index (χ1n) is 12.6. The molecule has 0 radical (unpaired) electrons. The van der Waals surface area contributed by atoms with Gasteiger partial charge in [-0.15, -0.1) is 0 Å². The van der Waals surface area contributed by atoms with Crippen molar-refractivity contribution >= 4 is 31.6 Å². The average Bonchev–Trinajstić information content (AvgIpc) is 2.89. The van der Waals surface area contributed by atoms with E-state index >= 15 is 0 Å². The fourth-order valence-corrected chi connectivity index (χ4v) is 4.07. The lowest BCUT2D eigenvalue weighted by molar-refractivity contribution is 0.0556. The van der Waals surface area contributed by atoms with Crippen LogP contribution >= 0.6 is 0 Å². The molecule has 0 aliphatic heterocycles. The minimum Gasteiger partial charge on any atom is -0.399 e. The van der Waals surface area contributed by atoms with E-state index in [1.807, 2.05) is 45.0 Å². The summed E-state index contributed by atoms with van der Waals surface area (Å²) in [6.07, 6.45) is 0. The molecule has 0 saturated carbocycles. The van der Waals surface area contributed by atoms with E-state index in [2.05, 4.69) is 11.8 Å². The number of anilines is 2. The normalized spacial score (nSPS) is 11.1. The molecule has 3 aromatic carbocycles. The molecular weight excluding hydrogens is 556 g/mol. The van der Waals surface area contributed by atoms with Gasteiger partial charge in [0.2, 0.25) is 0 Å². The molecule has 0 saturated heterocycles. The van der Waals surface area contributed by atoms with Crippen LogP contribution in [0.2, 0.25) is 0 Å². The maximum Gasteiger partial charge on any atom is 0.294 e. The second-order valence-electron chi connectivity index (χ2n) is 8.56. The van der Waals surface area contributed by atoms with Crippen molar-refractivity contribution in [2.75, 3.05) is 50.2 Å². The van der Waals surface area contributed by atoms with Crippen LogP contribution < -0.4 is 10.6 Å². The third-order valence-corrected chi connectivity index (χ3v) is 7.10. The summed E-state index contributed by atoms with van der Waals surface area (Å²) in [5, 5.41) is 0. The first-order chi connectivity index (χ1) is 18.8. The van der Waals surface area contributed by atoms with Crippen molar-refractivity contribution < 1.29 is 35.4 Å². The molecule has 40 heavy (non-hydrogen) atoms. The van der Waals surface area contributed by atoms with E-state index in [1.54, 1.807) is 24.3 Å². The van der Waals surface area contributed by atoms with E-state index in [-0.39, 0.29) is 9.79 Å². The molecule has 3 rings (SSSR count). The molecule has 12 heteroatoms. The molecule has 0 spiro atoms. The summed E-state index contributed by atoms with van der Waals surface area (Å²) in [5.74, 6) is 0. The minimum absolute atomic E-state index is 0.0666. The number of hydrogen-bond donors (Lipinski definition) is 3. The molecule has 0 aromatic heterocycles. The summed E-state index contributed by atoms with van der Waals surface area (Å²) in [6, 6.07) is 19.9. The first kappa shape index (κ1) is 35.0. The van der Waals surface area contributed by atoms with Gasteiger partial charge in [-0.2, -0.15) is 16.8 Å². The van der Waals surface area contributed by atoms with Crippen molar-refractivity contribution in [3.63, 3.8) is 0 Å². The summed E-state index contributed by atoms with van der Waals surface area (Å²) in [5.41, 5.74) is 9.57. The Kier molecular flexibility index (Phi) is 15.4. The molecule has 0 amide bonds. The number of nitrogens with zero attached hydrogens (tertiary/aromatic N) is 1. The number of nitrogen functional groups attached to an aromatic ring is 1. The Bertz CT molecular complexity index is 1260. The van der Waals surface area contributed by atoms with Crippen LogP contribution in [-0.4, -0.2) is 65.5 Å². The zero-order valence-corrected chi connectivity index (χ0v) is 25.0. The van der Waals surface area contributed by atoms with Gasteiger partial charge in [-0.1, -0.05) is 35.4 Å². The standard InChI is InChI=1S/C14H24N2O2.2C7H8O3S/c1-3-16(9-10-18-12-11-17-4-2)14-7-5-13(15)6-8-14;2*1-6-2-4-7(5-3-6)11(8,9)10/h5-8H,3-4,9-12,15H2,1-2H3;2*2-5H,1H3,(H,8,9,10). The van der Waals surface area contributed by atoms with Crippen LogP contribution in [-0.2, 0) is 29.7 Å². The van der Waals surface area contributed by atoms with Crippen molar-refractivity contribution in [1.82, 2.24) is 0 Å². The Morgan fingerprint density at radius 2 is 1.10 bits per heavy atom. The van der Waals surface area contributed by atoms with E-state index in [9.17, 15) is 16.8 Å². The maximum absolute atomic E-state index is 10.5. The zero-order chi connectivity index (χ0) is 30.2. The number of aryl methyl sites for hydroxylation is 2. The second-order valence-corrected chi connectivity index (χ2v) is 11.4. The van der Waals surface area contributed by atoms with Crippen LogP contribution in [0.25, 0.3) is 0 Å². The monoisotopic (exact) mass is 596 g/mol. The van der Waals surface area contributed by atoms with Crippen LogP contribution in [0.1, 0.15) is 25.0 Å². The lowest BCUT2D eigenvalue weighted by Crippen LogP contribution is -2.27. The SMILES string of the molecule is CCOCCOCCN(CC)c1ccc(N)cc1.Cc1ccc(S(=O)(=O)O)cc1.Cc1ccc(S(=O)(=O)O)cc1. The summed E-state index contributed by atoms with van der Waals surface area (Å²) >= 11 is 0. The highest BCUT2D eigenvalue weighted by Gasteiger charge is 2.08. The van der Waals surface area contributed by atoms with Crippen LogP contribution in [0.5, 0.6) is 0 Å². The Morgan fingerprint density at radius 3 is 1.48 bits per heavy atom. The van der Waals surface area contributed by atoms with Gasteiger partial charge in [-0.05, 0) is 76.2 Å². The molecule has 0 fully saturated rings. The van der Waals surface area contributed by atoms with Gasteiger partial charge in [-0.3, -0.25) is 9.11 Å². The maximum atomic E-state index is 10.5. The summed E-state index contributed by atoms with van der Waals surface area (Å²) in [6.45, 7) is 12.4. The third-order valence-electron chi connectivity index (χ3n) is 5.36. The van der Waals surface area contributed by atoms with Gasteiger partial charge >= 0.3 is 0 Å². The lowest BCUT2D eigenvalue weighted by atomic mass is 10.2. The fourth-order valence-electron chi connectivity index (χ4n) is 3.11. The quantitative estimate of drug-likeness (QED) is 0.162. The van der Waals surface area contributed by atoms with Crippen LogP contribution in [0.3, 0.4) is 0 Å².